The molecule has 0 bridgehead atoms. The third-order valence-electron chi connectivity index (χ3n) is 3.85. The van der Waals surface area contributed by atoms with E-state index in [0.29, 0.717) is 6.61 Å². The topological polar surface area (TPSA) is 40.6 Å². The molecule has 1 saturated heterocycles. The normalized spacial score (nSPS) is 16.6. The molecule has 1 aromatic rings. The summed E-state index contributed by atoms with van der Waals surface area (Å²) in [6.45, 7) is 12.6. The molecule has 1 aliphatic rings. The highest BCUT2D eigenvalue weighted by atomic mass is 32.1. The van der Waals surface area contributed by atoms with Crippen LogP contribution in [0.25, 0.3) is 0 Å². The van der Waals surface area contributed by atoms with Gasteiger partial charge in [-0.25, -0.2) is 4.98 Å². The van der Waals surface area contributed by atoms with Gasteiger partial charge in [0.05, 0.1) is 12.3 Å². The van der Waals surface area contributed by atoms with Gasteiger partial charge in [0.1, 0.15) is 0 Å². The summed E-state index contributed by atoms with van der Waals surface area (Å²) < 4.78 is 5.30. The molecule has 0 amide bonds. The van der Waals surface area contributed by atoms with Crippen molar-refractivity contribution in [2.75, 3.05) is 51.3 Å². The van der Waals surface area contributed by atoms with Gasteiger partial charge in [0, 0.05) is 44.7 Å². The first-order valence-electron chi connectivity index (χ1n) is 7.94. The zero-order chi connectivity index (χ0) is 15.1. The van der Waals surface area contributed by atoms with Crippen molar-refractivity contribution in [2.45, 2.75) is 33.4 Å². The number of hydrogen-bond acceptors (Lipinski definition) is 6. The lowest BCUT2D eigenvalue weighted by atomic mass is 10.3. The molecule has 1 aromatic heterocycles. The van der Waals surface area contributed by atoms with Crippen molar-refractivity contribution in [3.63, 3.8) is 0 Å². The lowest BCUT2D eigenvalue weighted by Crippen LogP contribution is -2.46. The van der Waals surface area contributed by atoms with Crippen LogP contribution in [0.1, 0.15) is 30.8 Å². The molecule has 1 aliphatic heterocycles. The lowest BCUT2D eigenvalue weighted by molar-refractivity contribution is 0.181. The van der Waals surface area contributed by atoms with Crippen molar-refractivity contribution < 1.29 is 4.74 Å². The predicted molar refractivity (Wildman–Crippen MR) is 89.2 cm³/mol. The van der Waals surface area contributed by atoms with Crippen molar-refractivity contribution in [2.24, 2.45) is 0 Å². The standard InChI is InChI=1S/C15H28N4OS/c1-4-6-16-11-14-13(12-20-3)17-15(21-14)19-9-7-18(5-2)8-10-19/h16H,4-12H2,1-3H3. The number of piperazine rings is 1. The van der Waals surface area contributed by atoms with E-state index in [0.717, 1.165) is 63.1 Å². The molecule has 0 aliphatic carbocycles. The Morgan fingerprint density at radius 2 is 2.00 bits per heavy atom. The van der Waals surface area contributed by atoms with E-state index in [2.05, 4.69) is 29.0 Å². The molecule has 2 heterocycles. The lowest BCUT2D eigenvalue weighted by Gasteiger charge is -2.33. The van der Waals surface area contributed by atoms with Gasteiger partial charge in [-0.05, 0) is 19.5 Å². The maximum absolute atomic E-state index is 5.30. The zero-order valence-corrected chi connectivity index (χ0v) is 14.3. The fraction of sp³-hybridized carbons (Fsp3) is 0.800. The Balaban J connectivity index is 2.00. The van der Waals surface area contributed by atoms with Crippen LogP contribution in [0.2, 0.25) is 0 Å². The third kappa shape index (κ3) is 4.64. The molecule has 5 nitrogen and oxygen atoms in total. The molecule has 0 unspecified atom stereocenters. The molecule has 120 valence electrons. The molecule has 2 rings (SSSR count). The van der Waals surface area contributed by atoms with E-state index in [1.807, 2.05) is 11.3 Å². The van der Waals surface area contributed by atoms with Crippen LogP contribution in [-0.4, -0.2) is 56.3 Å². The second-order valence-corrected chi connectivity index (χ2v) is 6.46. The van der Waals surface area contributed by atoms with Crippen LogP contribution in [0.15, 0.2) is 0 Å². The fourth-order valence-corrected chi connectivity index (χ4v) is 3.61. The van der Waals surface area contributed by atoms with Gasteiger partial charge < -0.3 is 19.9 Å². The Kier molecular flexibility index (Phi) is 6.89. The monoisotopic (exact) mass is 312 g/mol. The smallest absolute Gasteiger partial charge is 0.186 e. The summed E-state index contributed by atoms with van der Waals surface area (Å²) in [6, 6.07) is 0. The fourth-order valence-electron chi connectivity index (χ4n) is 2.53. The van der Waals surface area contributed by atoms with Gasteiger partial charge in [-0.1, -0.05) is 13.8 Å². The molecule has 1 N–H and O–H groups in total. The summed E-state index contributed by atoms with van der Waals surface area (Å²) in [5.74, 6) is 0. The molecule has 6 heteroatoms. The van der Waals surface area contributed by atoms with E-state index >= 15 is 0 Å². The van der Waals surface area contributed by atoms with Crippen LogP contribution in [-0.2, 0) is 17.9 Å². The SMILES string of the molecule is CCCNCc1sc(N2CCN(CC)CC2)nc1COC. The van der Waals surface area contributed by atoms with Gasteiger partial charge in [0.2, 0.25) is 0 Å². The summed E-state index contributed by atoms with van der Waals surface area (Å²) in [6.07, 6.45) is 1.16. The number of likely N-dealkylation sites (N-methyl/N-ethyl adjacent to an activating group) is 1. The number of nitrogens with zero attached hydrogens (tertiary/aromatic N) is 3. The minimum atomic E-state index is 0.606. The molecule has 0 spiro atoms. The first-order valence-corrected chi connectivity index (χ1v) is 8.75. The van der Waals surface area contributed by atoms with E-state index in [-0.39, 0.29) is 0 Å². The van der Waals surface area contributed by atoms with Gasteiger partial charge in [-0.15, -0.1) is 11.3 Å². The molecule has 21 heavy (non-hydrogen) atoms. The maximum Gasteiger partial charge on any atom is 0.186 e. The molecular formula is C15H28N4OS. The van der Waals surface area contributed by atoms with Gasteiger partial charge in [-0.3, -0.25) is 0 Å². The molecule has 0 saturated carbocycles. The minimum absolute atomic E-state index is 0.606. The van der Waals surface area contributed by atoms with E-state index in [9.17, 15) is 0 Å². The number of thiazole rings is 1. The van der Waals surface area contributed by atoms with Crippen LogP contribution in [0.4, 0.5) is 5.13 Å². The number of ether oxygens (including phenoxy) is 1. The summed E-state index contributed by atoms with van der Waals surface area (Å²) >= 11 is 1.82. The summed E-state index contributed by atoms with van der Waals surface area (Å²) in [4.78, 5) is 11.0. The summed E-state index contributed by atoms with van der Waals surface area (Å²) in [5, 5.41) is 4.63. The Hall–Kier alpha value is -0.690. The van der Waals surface area contributed by atoms with Crippen LogP contribution in [0, 0.1) is 0 Å². The number of anilines is 1. The van der Waals surface area contributed by atoms with Crippen molar-refractivity contribution >= 4 is 16.5 Å². The minimum Gasteiger partial charge on any atom is -0.378 e. The van der Waals surface area contributed by atoms with E-state index in [4.69, 9.17) is 9.72 Å². The van der Waals surface area contributed by atoms with E-state index in [1.54, 1.807) is 7.11 Å². The zero-order valence-electron chi connectivity index (χ0n) is 13.5. The van der Waals surface area contributed by atoms with Gasteiger partial charge in [-0.2, -0.15) is 0 Å². The highest BCUT2D eigenvalue weighted by Crippen LogP contribution is 2.27. The van der Waals surface area contributed by atoms with Gasteiger partial charge in [0.15, 0.2) is 5.13 Å². The largest absolute Gasteiger partial charge is 0.378 e. The second kappa shape index (κ2) is 8.68. The molecular weight excluding hydrogens is 284 g/mol. The Morgan fingerprint density at radius 3 is 2.62 bits per heavy atom. The quantitative estimate of drug-likeness (QED) is 0.743. The molecule has 0 aromatic carbocycles. The molecule has 1 fully saturated rings. The first kappa shape index (κ1) is 16.7. The van der Waals surface area contributed by atoms with Crippen LogP contribution < -0.4 is 10.2 Å². The Bertz CT molecular complexity index is 416. The van der Waals surface area contributed by atoms with Crippen LogP contribution >= 0.6 is 11.3 Å². The number of hydrogen-bond donors (Lipinski definition) is 1. The molecule has 0 atom stereocenters. The number of methoxy groups -OCH3 is 1. The van der Waals surface area contributed by atoms with Gasteiger partial charge >= 0.3 is 0 Å². The second-order valence-electron chi connectivity index (χ2n) is 5.40. The van der Waals surface area contributed by atoms with Crippen LogP contribution in [0.5, 0.6) is 0 Å². The highest BCUT2D eigenvalue weighted by Gasteiger charge is 2.20. The first-order chi connectivity index (χ1) is 10.3. The van der Waals surface area contributed by atoms with Crippen LogP contribution in [0.3, 0.4) is 0 Å². The van der Waals surface area contributed by atoms with Crippen molar-refractivity contribution in [1.82, 2.24) is 15.2 Å². The van der Waals surface area contributed by atoms with E-state index < -0.39 is 0 Å². The van der Waals surface area contributed by atoms with Crippen molar-refractivity contribution in [1.29, 1.82) is 0 Å². The number of aromatic nitrogens is 1. The maximum atomic E-state index is 5.30. The number of rotatable bonds is 8. The third-order valence-corrected chi connectivity index (χ3v) is 5.01. The average molecular weight is 312 g/mol. The highest BCUT2D eigenvalue weighted by molar-refractivity contribution is 7.15. The van der Waals surface area contributed by atoms with Crippen molar-refractivity contribution in [3.05, 3.63) is 10.6 Å². The average Bonchev–Trinajstić information content (AvgIpc) is 2.91. The Labute approximate surface area is 132 Å². The van der Waals surface area contributed by atoms with Crippen molar-refractivity contribution in [3.8, 4) is 0 Å². The van der Waals surface area contributed by atoms with E-state index in [1.165, 1.54) is 4.88 Å². The predicted octanol–water partition coefficient (Wildman–Crippen LogP) is 1.93. The number of nitrogens with one attached hydrogen (secondary N) is 1. The molecule has 0 radical (unpaired) electrons. The summed E-state index contributed by atoms with van der Waals surface area (Å²) in [5.41, 5.74) is 1.10. The van der Waals surface area contributed by atoms with Gasteiger partial charge in [0.25, 0.3) is 0 Å². The summed E-state index contributed by atoms with van der Waals surface area (Å²) in [7, 11) is 1.74. The Morgan fingerprint density at radius 1 is 1.24 bits per heavy atom.